The van der Waals surface area contributed by atoms with Crippen LogP contribution < -0.4 is 0 Å². The molecule has 2 aliphatic rings. The second-order valence-electron chi connectivity index (χ2n) is 5.40. The number of amides is 1. The molecule has 1 N–H and O–H groups in total. The first-order chi connectivity index (χ1) is 9.06. The molecule has 3 rings (SSSR count). The number of fused-ring (bicyclic) bond motifs is 1. The lowest BCUT2D eigenvalue weighted by atomic mass is 10.00. The Bertz CT molecular complexity index is 522. The van der Waals surface area contributed by atoms with Crippen LogP contribution in [0.1, 0.15) is 23.2 Å². The van der Waals surface area contributed by atoms with Crippen LogP contribution in [0.2, 0.25) is 5.02 Å². The fraction of sp³-hybridized carbons (Fsp3) is 0.500. The van der Waals surface area contributed by atoms with Gasteiger partial charge in [-0.25, -0.2) is 4.39 Å². The molecule has 3 unspecified atom stereocenters. The first kappa shape index (κ1) is 12.9. The first-order valence-corrected chi connectivity index (χ1v) is 6.86. The molecule has 0 bridgehead atoms. The lowest BCUT2D eigenvalue weighted by Gasteiger charge is -2.18. The molecule has 0 spiro atoms. The SMILES string of the molecule is O=C(c1ccc(Cl)cc1F)N1CC2CCC(O)C2C1. The van der Waals surface area contributed by atoms with Crippen LogP contribution in [0.25, 0.3) is 0 Å². The van der Waals surface area contributed by atoms with Crippen molar-refractivity contribution in [3.63, 3.8) is 0 Å². The van der Waals surface area contributed by atoms with Crippen molar-refractivity contribution in [2.45, 2.75) is 18.9 Å². The predicted molar refractivity (Wildman–Crippen MR) is 69.5 cm³/mol. The minimum Gasteiger partial charge on any atom is -0.393 e. The van der Waals surface area contributed by atoms with Gasteiger partial charge in [0.25, 0.3) is 5.91 Å². The summed E-state index contributed by atoms with van der Waals surface area (Å²) in [6.45, 7) is 1.13. The summed E-state index contributed by atoms with van der Waals surface area (Å²) in [6.07, 6.45) is 1.43. The van der Waals surface area contributed by atoms with Crippen LogP contribution in [0.15, 0.2) is 18.2 Å². The van der Waals surface area contributed by atoms with E-state index >= 15 is 0 Å². The molecule has 3 atom stereocenters. The van der Waals surface area contributed by atoms with Gasteiger partial charge in [0, 0.05) is 24.0 Å². The number of carbonyl (C=O) groups is 1. The highest BCUT2D eigenvalue weighted by Crippen LogP contribution is 2.38. The van der Waals surface area contributed by atoms with Crippen LogP contribution in [0.4, 0.5) is 4.39 Å². The van der Waals surface area contributed by atoms with E-state index in [0.717, 1.165) is 18.9 Å². The van der Waals surface area contributed by atoms with Crippen LogP contribution in [0, 0.1) is 17.7 Å². The highest BCUT2D eigenvalue weighted by atomic mass is 35.5. The number of carbonyl (C=O) groups excluding carboxylic acids is 1. The highest BCUT2D eigenvalue weighted by molar-refractivity contribution is 6.30. The van der Waals surface area contributed by atoms with Crippen molar-refractivity contribution in [2.75, 3.05) is 13.1 Å². The maximum atomic E-state index is 13.7. The van der Waals surface area contributed by atoms with Gasteiger partial charge < -0.3 is 10.0 Å². The topological polar surface area (TPSA) is 40.5 Å². The average molecular weight is 284 g/mol. The maximum absolute atomic E-state index is 13.7. The number of benzene rings is 1. The van der Waals surface area contributed by atoms with E-state index in [4.69, 9.17) is 11.6 Å². The molecule has 1 saturated carbocycles. The van der Waals surface area contributed by atoms with Crippen LogP contribution in [0.5, 0.6) is 0 Å². The second-order valence-corrected chi connectivity index (χ2v) is 5.84. The van der Waals surface area contributed by atoms with Gasteiger partial charge in [0.15, 0.2) is 0 Å². The molecule has 19 heavy (non-hydrogen) atoms. The molecule has 5 heteroatoms. The Morgan fingerprint density at radius 1 is 1.37 bits per heavy atom. The molecule has 1 aromatic carbocycles. The molecule has 2 fully saturated rings. The normalized spacial score (nSPS) is 29.6. The first-order valence-electron chi connectivity index (χ1n) is 6.48. The number of hydrogen-bond donors (Lipinski definition) is 1. The molecule has 0 radical (unpaired) electrons. The standard InChI is InChI=1S/C14H15ClFNO2/c15-9-2-3-10(12(16)5-9)14(19)17-6-8-1-4-13(18)11(8)7-17/h2-3,5,8,11,13,18H,1,4,6-7H2. The van der Waals surface area contributed by atoms with Crippen LogP contribution in [-0.4, -0.2) is 35.1 Å². The maximum Gasteiger partial charge on any atom is 0.256 e. The van der Waals surface area contributed by atoms with E-state index in [-0.39, 0.29) is 28.5 Å². The molecule has 1 saturated heterocycles. The molecule has 3 nitrogen and oxygen atoms in total. The van der Waals surface area contributed by atoms with E-state index in [0.29, 0.717) is 19.0 Å². The Kier molecular flexibility index (Phi) is 3.23. The van der Waals surface area contributed by atoms with Crippen molar-refractivity contribution >= 4 is 17.5 Å². The predicted octanol–water partition coefficient (Wildman–Crippen LogP) is 2.32. The Labute approximate surface area is 116 Å². The Morgan fingerprint density at radius 3 is 2.84 bits per heavy atom. The lowest BCUT2D eigenvalue weighted by molar-refractivity contribution is 0.0748. The molecular formula is C14H15ClFNO2. The zero-order valence-electron chi connectivity index (χ0n) is 10.4. The van der Waals surface area contributed by atoms with Crippen LogP contribution >= 0.6 is 11.6 Å². The fourth-order valence-electron chi connectivity index (χ4n) is 3.24. The van der Waals surface area contributed by atoms with Gasteiger partial charge in [-0.15, -0.1) is 0 Å². The Balaban J connectivity index is 1.78. The largest absolute Gasteiger partial charge is 0.393 e. The van der Waals surface area contributed by atoms with E-state index < -0.39 is 5.82 Å². The monoisotopic (exact) mass is 283 g/mol. The molecule has 1 heterocycles. The molecule has 0 aromatic heterocycles. The summed E-state index contributed by atoms with van der Waals surface area (Å²) < 4.78 is 13.7. The second kappa shape index (κ2) is 4.76. The van der Waals surface area contributed by atoms with Gasteiger partial charge in [0.2, 0.25) is 0 Å². The van der Waals surface area contributed by atoms with Gasteiger partial charge in [-0.1, -0.05) is 11.6 Å². The van der Waals surface area contributed by atoms with Crippen molar-refractivity contribution < 1.29 is 14.3 Å². The Morgan fingerprint density at radius 2 is 2.16 bits per heavy atom. The average Bonchev–Trinajstić information content (AvgIpc) is 2.91. The van der Waals surface area contributed by atoms with Crippen molar-refractivity contribution in [3.05, 3.63) is 34.6 Å². The summed E-state index contributed by atoms with van der Waals surface area (Å²) in [4.78, 5) is 13.9. The number of likely N-dealkylation sites (tertiary alicyclic amines) is 1. The fourth-order valence-corrected chi connectivity index (χ4v) is 3.39. The number of aliphatic hydroxyl groups excluding tert-OH is 1. The smallest absolute Gasteiger partial charge is 0.256 e. The summed E-state index contributed by atoms with van der Waals surface area (Å²) in [5.74, 6) is -0.389. The minimum absolute atomic E-state index is 0.0545. The number of aliphatic hydroxyl groups is 1. The van der Waals surface area contributed by atoms with E-state index in [1.165, 1.54) is 12.1 Å². The third-order valence-corrected chi connectivity index (χ3v) is 4.50. The number of rotatable bonds is 1. The minimum atomic E-state index is -0.588. The van der Waals surface area contributed by atoms with Crippen molar-refractivity contribution in [2.24, 2.45) is 11.8 Å². The zero-order valence-corrected chi connectivity index (χ0v) is 11.1. The van der Waals surface area contributed by atoms with Gasteiger partial charge in [-0.3, -0.25) is 4.79 Å². The quantitative estimate of drug-likeness (QED) is 0.859. The number of halogens is 2. The summed E-state index contributed by atoms with van der Waals surface area (Å²) in [7, 11) is 0. The van der Waals surface area contributed by atoms with Crippen molar-refractivity contribution in [1.82, 2.24) is 4.90 Å². The van der Waals surface area contributed by atoms with Gasteiger partial charge in [-0.05, 0) is 37.0 Å². The van der Waals surface area contributed by atoms with E-state index in [1.807, 2.05) is 0 Å². The van der Waals surface area contributed by atoms with E-state index in [1.54, 1.807) is 4.90 Å². The van der Waals surface area contributed by atoms with E-state index in [2.05, 4.69) is 0 Å². The molecule has 1 aliphatic carbocycles. The summed E-state index contributed by atoms with van der Waals surface area (Å²) in [5, 5.41) is 10.1. The highest BCUT2D eigenvalue weighted by Gasteiger charge is 2.43. The van der Waals surface area contributed by atoms with Crippen LogP contribution in [0.3, 0.4) is 0 Å². The molecular weight excluding hydrogens is 269 g/mol. The lowest BCUT2D eigenvalue weighted by Crippen LogP contribution is -2.31. The van der Waals surface area contributed by atoms with Gasteiger partial charge >= 0.3 is 0 Å². The van der Waals surface area contributed by atoms with E-state index in [9.17, 15) is 14.3 Å². The molecule has 1 aromatic rings. The molecule has 102 valence electrons. The summed E-state index contributed by atoms with van der Waals surface area (Å²) in [5.41, 5.74) is 0.0545. The van der Waals surface area contributed by atoms with Gasteiger partial charge in [-0.2, -0.15) is 0 Å². The summed E-state index contributed by atoms with van der Waals surface area (Å²) >= 11 is 5.68. The van der Waals surface area contributed by atoms with Crippen molar-refractivity contribution in [1.29, 1.82) is 0 Å². The number of hydrogen-bond acceptors (Lipinski definition) is 2. The van der Waals surface area contributed by atoms with Gasteiger partial charge in [0.1, 0.15) is 5.82 Å². The van der Waals surface area contributed by atoms with Crippen LogP contribution in [-0.2, 0) is 0 Å². The third kappa shape index (κ3) is 2.23. The Hall–Kier alpha value is -1.13. The van der Waals surface area contributed by atoms with Crippen molar-refractivity contribution in [3.8, 4) is 0 Å². The molecule has 1 aliphatic heterocycles. The summed E-state index contributed by atoms with van der Waals surface area (Å²) in [6, 6.07) is 4.09. The third-order valence-electron chi connectivity index (χ3n) is 4.27. The molecule has 1 amide bonds. The zero-order chi connectivity index (χ0) is 13.6. The number of nitrogens with zero attached hydrogens (tertiary/aromatic N) is 1. The van der Waals surface area contributed by atoms with Gasteiger partial charge in [0.05, 0.1) is 11.7 Å².